The topological polar surface area (TPSA) is 55.4 Å². The number of esters is 1. The van der Waals surface area contributed by atoms with Crippen LogP contribution in [0, 0.1) is 5.92 Å². The Morgan fingerprint density at radius 1 is 0.971 bits per heavy atom. The molecule has 0 aliphatic heterocycles. The SMILES string of the molecule is CCOC(=O)c1c(NC(=O)[C@H]2C[C@H]2c2ccc(Cl)cc2)sc2c1CCCCCCCCCCC2. The van der Waals surface area contributed by atoms with Gasteiger partial charge in [0.15, 0.2) is 0 Å². The van der Waals surface area contributed by atoms with Gasteiger partial charge in [0.25, 0.3) is 0 Å². The van der Waals surface area contributed by atoms with Crippen molar-refractivity contribution in [2.45, 2.75) is 89.9 Å². The van der Waals surface area contributed by atoms with Crippen LogP contribution >= 0.6 is 22.9 Å². The minimum atomic E-state index is -0.301. The molecule has 1 N–H and O–H groups in total. The first-order valence-electron chi connectivity index (χ1n) is 13.0. The van der Waals surface area contributed by atoms with Crippen LogP contribution in [0.5, 0.6) is 0 Å². The van der Waals surface area contributed by atoms with Gasteiger partial charge >= 0.3 is 5.97 Å². The normalized spacial score (nSPS) is 21.4. The van der Waals surface area contributed by atoms with E-state index < -0.39 is 0 Å². The van der Waals surface area contributed by atoms with Crippen molar-refractivity contribution in [1.82, 2.24) is 0 Å². The lowest BCUT2D eigenvalue weighted by molar-refractivity contribution is -0.117. The number of carbonyl (C=O) groups is 2. The Morgan fingerprint density at radius 3 is 2.24 bits per heavy atom. The Morgan fingerprint density at radius 2 is 1.59 bits per heavy atom. The zero-order valence-electron chi connectivity index (χ0n) is 20.2. The van der Waals surface area contributed by atoms with E-state index in [2.05, 4.69) is 5.32 Å². The molecule has 0 bridgehead atoms. The second kappa shape index (κ2) is 12.2. The molecule has 4 rings (SSSR count). The number of hydrogen-bond acceptors (Lipinski definition) is 4. The Bertz CT molecular complexity index is 984. The monoisotopic (exact) mass is 501 g/mol. The summed E-state index contributed by atoms with van der Waals surface area (Å²) in [5, 5.41) is 4.53. The molecule has 4 nitrogen and oxygen atoms in total. The number of anilines is 1. The number of amides is 1. The van der Waals surface area contributed by atoms with E-state index in [1.165, 1.54) is 49.8 Å². The van der Waals surface area contributed by atoms with E-state index in [1.54, 1.807) is 11.3 Å². The number of halogens is 1. The summed E-state index contributed by atoms with van der Waals surface area (Å²) >= 11 is 7.61. The minimum absolute atomic E-state index is 0.000692. The summed E-state index contributed by atoms with van der Waals surface area (Å²) in [6.07, 6.45) is 13.8. The molecule has 0 spiro atoms. The molecule has 0 radical (unpaired) electrons. The lowest BCUT2D eigenvalue weighted by Crippen LogP contribution is -2.17. The first kappa shape index (κ1) is 25.2. The van der Waals surface area contributed by atoms with Gasteiger partial charge in [0.1, 0.15) is 5.00 Å². The third-order valence-electron chi connectivity index (χ3n) is 7.06. The summed E-state index contributed by atoms with van der Waals surface area (Å²) in [5.74, 6) is -0.153. The number of rotatable bonds is 5. The van der Waals surface area contributed by atoms with Gasteiger partial charge in [-0.25, -0.2) is 4.79 Å². The molecule has 34 heavy (non-hydrogen) atoms. The molecule has 1 aromatic heterocycles. The van der Waals surface area contributed by atoms with Gasteiger partial charge in [-0.2, -0.15) is 0 Å². The van der Waals surface area contributed by atoms with Crippen LogP contribution in [0.3, 0.4) is 0 Å². The lowest BCUT2D eigenvalue weighted by Gasteiger charge is -2.10. The average Bonchev–Trinajstić information content (AvgIpc) is 3.54. The van der Waals surface area contributed by atoms with E-state index >= 15 is 0 Å². The molecular formula is C28H36ClNO3S. The second-order valence-electron chi connectivity index (χ2n) is 9.60. The molecule has 0 unspecified atom stereocenters. The van der Waals surface area contributed by atoms with Crippen molar-refractivity contribution in [1.29, 1.82) is 0 Å². The highest BCUT2D eigenvalue weighted by Gasteiger charge is 2.44. The van der Waals surface area contributed by atoms with Crippen LogP contribution in [-0.4, -0.2) is 18.5 Å². The largest absolute Gasteiger partial charge is 0.462 e. The highest BCUT2D eigenvalue weighted by Crippen LogP contribution is 2.49. The van der Waals surface area contributed by atoms with Gasteiger partial charge in [-0.05, 0) is 68.2 Å². The fraction of sp³-hybridized carbons (Fsp3) is 0.571. The highest BCUT2D eigenvalue weighted by atomic mass is 35.5. The molecule has 184 valence electrons. The Kier molecular flexibility index (Phi) is 9.07. The van der Waals surface area contributed by atoms with Crippen LogP contribution in [0.25, 0.3) is 0 Å². The number of fused-ring (bicyclic) bond motifs is 1. The van der Waals surface area contributed by atoms with Gasteiger partial charge in [-0.15, -0.1) is 11.3 Å². The van der Waals surface area contributed by atoms with Crippen LogP contribution < -0.4 is 5.32 Å². The number of hydrogen-bond donors (Lipinski definition) is 1. The van der Waals surface area contributed by atoms with Gasteiger partial charge in [0.05, 0.1) is 12.2 Å². The third-order valence-corrected chi connectivity index (χ3v) is 8.52. The van der Waals surface area contributed by atoms with Crippen molar-refractivity contribution >= 4 is 39.8 Å². The summed E-state index contributed by atoms with van der Waals surface area (Å²) in [6, 6.07) is 7.75. The van der Waals surface area contributed by atoms with Gasteiger partial charge in [0, 0.05) is 15.8 Å². The van der Waals surface area contributed by atoms with Gasteiger partial charge in [-0.1, -0.05) is 68.7 Å². The molecule has 2 aliphatic rings. The fourth-order valence-electron chi connectivity index (χ4n) is 5.08. The number of ether oxygens (including phenoxy) is 1. The van der Waals surface area contributed by atoms with Crippen LogP contribution in [0.15, 0.2) is 24.3 Å². The van der Waals surface area contributed by atoms with E-state index in [0.717, 1.165) is 43.2 Å². The number of aryl methyl sites for hydroxylation is 1. The lowest BCUT2D eigenvalue weighted by atomic mass is 10.00. The molecule has 1 saturated carbocycles. The molecule has 1 amide bonds. The smallest absolute Gasteiger partial charge is 0.341 e. The molecule has 2 aromatic rings. The molecule has 1 heterocycles. The summed E-state index contributed by atoms with van der Waals surface area (Å²) in [7, 11) is 0. The molecule has 2 aliphatic carbocycles. The Labute approximate surface area is 212 Å². The van der Waals surface area contributed by atoms with Crippen molar-refractivity contribution in [2.75, 3.05) is 11.9 Å². The molecule has 6 heteroatoms. The number of thiophene rings is 1. The number of carbonyl (C=O) groups excluding carboxylic acids is 2. The van der Waals surface area contributed by atoms with Crippen molar-refractivity contribution in [3.05, 3.63) is 50.9 Å². The van der Waals surface area contributed by atoms with Gasteiger partial charge in [0.2, 0.25) is 5.91 Å². The summed E-state index contributed by atoms with van der Waals surface area (Å²) in [4.78, 5) is 27.4. The predicted octanol–water partition coefficient (Wildman–Crippen LogP) is 7.93. The maximum Gasteiger partial charge on any atom is 0.341 e. The molecular weight excluding hydrogens is 466 g/mol. The van der Waals surface area contributed by atoms with E-state index in [0.29, 0.717) is 22.2 Å². The van der Waals surface area contributed by atoms with Gasteiger partial charge in [-0.3, -0.25) is 4.79 Å². The quantitative estimate of drug-likeness (QED) is 0.423. The first-order chi connectivity index (χ1) is 16.6. The van der Waals surface area contributed by atoms with E-state index in [-0.39, 0.29) is 23.7 Å². The van der Waals surface area contributed by atoms with E-state index in [4.69, 9.17) is 16.3 Å². The van der Waals surface area contributed by atoms with Crippen LogP contribution in [-0.2, 0) is 22.4 Å². The van der Waals surface area contributed by atoms with Crippen LogP contribution in [0.1, 0.15) is 103 Å². The van der Waals surface area contributed by atoms with Crippen molar-refractivity contribution < 1.29 is 14.3 Å². The highest BCUT2D eigenvalue weighted by molar-refractivity contribution is 7.17. The molecule has 1 aromatic carbocycles. The zero-order valence-corrected chi connectivity index (χ0v) is 21.7. The Balaban J connectivity index is 1.54. The number of nitrogens with one attached hydrogen (secondary N) is 1. The standard InChI is InChI=1S/C28H36ClNO3S/c1-2-33-28(32)25-21-12-10-8-6-4-3-5-7-9-11-13-24(21)34-27(25)30-26(31)23-18-22(23)19-14-16-20(29)17-15-19/h14-17,22-23H,2-13,18H2,1H3,(H,30,31)/t22-,23-/m0/s1. The number of benzene rings is 1. The summed E-state index contributed by atoms with van der Waals surface area (Å²) in [6.45, 7) is 2.16. The molecule has 0 saturated heterocycles. The maximum atomic E-state index is 13.2. The van der Waals surface area contributed by atoms with Crippen molar-refractivity contribution in [3.8, 4) is 0 Å². The molecule has 1 fully saturated rings. The fourth-order valence-corrected chi connectivity index (χ4v) is 6.48. The zero-order chi connectivity index (χ0) is 23.9. The van der Waals surface area contributed by atoms with E-state index in [1.807, 2.05) is 31.2 Å². The van der Waals surface area contributed by atoms with Crippen LogP contribution in [0.4, 0.5) is 5.00 Å². The molecule has 2 atom stereocenters. The maximum absolute atomic E-state index is 13.2. The van der Waals surface area contributed by atoms with E-state index in [9.17, 15) is 9.59 Å². The minimum Gasteiger partial charge on any atom is -0.462 e. The van der Waals surface area contributed by atoms with Crippen molar-refractivity contribution in [3.63, 3.8) is 0 Å². The van der Waals surface area contributed by atoms with Gasteiger partial charge < -0.3 is 10.1 Å². The second-order valence-corrected chi connectivity index (χ2v) is 11.1. The summed E-state index contributed by atoms with van der Waals surface area (Å²) < 4.78 is 5.45. The predicted molar refractivity (Wildman–Crippen MR) is 140 cm³/mol. The van der Waals surface area contributed by atoms with Crippen molar-refractivity contribution in [2.24, 2.45) is 5.92 Å². The Hall–Kier alpha value is -1.85. The third kappa shape index (κ3) is 6.42. The average molecular weight is 502 g/mol. The van der Waals surface area contributed by atoms with Crippen LogP contribution in [0.2, 0.25) is 5.02 Å². The summed E-state index contributed by atoms with van der Waals surface area (Å²) in [5.41, 5.74) is 2.86. The first-order valence-corrected chi connectivity index (χ1v) is 14.2.